The third kappa shape index (κ3) is 2.81. The van der Waals surface area contributed by atoms with Crippen LogP contribution in [0, 0.1) is 6.92 Å². The fourth-order valence-electron chi connectivity index (χ4n) is 5.63. The number of hydrogen-bond donors (Lipinski definition) is 0. The zero-order valence-electron chi connectivity index (χ0n) is 18.4. The third-order valence-electron chi connectivity index (χ3n) is 7.08. The molecule has 0 saturated heterocycles. The summed E-state index contributed by atoms with van der Waals surface area (Å²) in [6, 6.07) is 33.0. The highest BCUT2D eigenvalue weighted by atomic mass is 32.2. The van der Waals surface area contributed by atoms with E-state index < -0.39 is 0 Å². The Hall–Kier alpha value is -3.49. The lowest BCUT2D eigenvalue weighted by molar-refractivity contribution is 0.874. The molecule has 5 aromatic rings. The topological polar surface area (TPSA) is 4.93 Å². The van der Waals surface area contributed by atoms with Gasteiger partial charge in [-0.3, -0.25) is 0 Å². The number of aromatic nitrogens is 1. The molecule has 0 bridgehead atoms. The molecule has 2 unspecified atom stereocenters. The van der Waals surface area contributed by atoms with Crippen molar-refractivity contribution in [2.24, 2.45) is 0 Å². The zero-order valence-corrected chi connectivity index (χ0v) is 19.2. The monoisotopic (exact) mass is 441 g/mol. The third-order valence-corrected chi connectivity index (χ3v) is 8.41. The van der Waals surface area contributed by atoms with Gasteiger partial charge in [0.1, 0.15) is 0 Å². The van der Waals surface area contributed by atoms with Crippen molar-refractivity contribution in [2.75, 3.05) is 0 Å². The van der Waals surface area contributed by atoms with Gasteiger partial charge >= 0.3 is 0 Å². The van der Waals surface area contributed by atoms with E-state index in [0.29, 0.717) is 11.2 Å². The van der Waals surface area contributed by atoms with Gasteiger partial charge in [0.05, 0.1) is 11.0 Å². The summed E-state index contributed by atoms with van der Waals surface area (Å²) in [5.41, 5.74) is 9.26. The van der Waals surface area contributed by atoms with Gasteiger partial charge in [-0.2, -0.15) is 0 Å². The molecule has 1 aromatic heterocycles. The average Bonchev–Trinajstić information content (AvgIpc) is 3.40. The quantitative estimate of drug-likeness (QED) is 0.267. The number of fused-ring (bicyclic) bond motifs is 6. The van der Waals surface area contributed by atoms with E-state index in [1.54, 1.807) is 0 Å². The van der Waals surface area contributed by atoms with Gasteiger partial charge < -0.3 is 4.57 Å². The molecule has 0 saturated carbocycles. The van der Waals surface area contributed by atoms with Crippen LogP contribution in [0.4, 0.5) is 0 Å². The van der Waals surface area contributed by atoms with Gasteiger partial charge in [0.25, 0.3) is 0 Å². The molecule has 0 amide bonds. The number of nitrogens with zero attached hydrogens (tertiary/aromatic N) is 1. The van der Waals surface area contributed by atoms with Crippen LogP contribution in [0.15, 0.2) is 114 Å². The second-order valence-corrected chi connectivity index (χ2v) is 10.2. The first kappa shape index (κ1) is 19.0. The summed E-state index contributed by atoms with van der Waals surface area (Å²) in [4.78, 5) is 1.43. The fraction of sp³-hybridized carbons (Fsp3) is 0.0968. The van der Waals surface area contributed by atoms with Crippen LogP contribution >= 0.6 is 11.8 Å². The minimum absolute atomic E-state index is 0.427. The molecule has 2 aliphatic rings. The second-order valence-electron chi connectivity index (χ2n) is 8.97. The van der Waals surface area contributed by atoms with Crippen molar-refractivity contribution in [2.45, 2.75) is 23.0 Å². The number of aryl methyl sites for hydroxylation is 1. The lowest BCUT2D eigenvalue weighted by Crippen LogP contribution is -2.10. The van der Waals surface area contributed by atoms with Crippen LogP contribution in [0.25, 0.3) is 33.1 Å². The molecule has 0 N–H and O–H groups in total. The number of benzene rings is 4. The molecule has 0 fully saturated rings. The van der Waals surface area contributed by atoms with Crippen molar-refractivity contribution >= 4 is 39.1 Å². The fourth-order valence-corrected chi connectivity index (χ4v) is 7.02. The Labute approximate surface area is 198 Å². The first-order chi connectivity index (χ1) is 16.3. The Morgan fingerprint density at radius 1 is 0.758 bits per heavy atom. The molecular formula is C31H23NS. The molecule has 0 radical (unpaired) electrons. The maximum atomic E-state index is 2.51. The highest BCUT2D eigenvalue weighted by molar-refractivity contribution is 8.00. The van der Waals surface area contributed by atoms with Crippen molar-refractivity contribution in [3.8, 4) is 5.69 Å². The van der Waals surface area contributed by atoms with Crippen molar-refractivity contribution in [1.29, 1.82) is 0 Å². The molecular weight excluding hydrogens is 418 g/mol. The van der Waals surface area contributed by atoms with Gasteiger partial charge in [-0.05, 0) is 47.9 Å². The van der Waals surface area contributed by atoms with E-state index in [9.17, 15) is 0 Å². The van der Waals surface area contributed by atoms with Crippen molar-refractivity contribution in [1.82, 2.24) is 4.57 Å². The Morgan fingerprint density at radius 2 is 1.55 bits per heavy atom. The Morgan fingerprint density at radius 3 is 2.45 bits per heavy atom. The van der Waals surface area contributed by atoms with E-state index in [1.807, 2.05) is 11.8 Å². The summed E-state index contributed by atoms with van der Waals surface area (Å²) in [6.45, 7) is 2.25. The van der Waals surface area contributed by atoms with E-state index in [-0.39, 0.29) is 0 Å². The largest absolute Gasteiger partial charge is 0.309 e. The van der Waals surface area contributed by atoms with E-state index in [1.165, 1.54) is 54.7 Å². The van der Waals surface area contributed by atoms with Crippen LogP contribution in [0.2, 0.25) is 0 Å². The molecule has 7 rings (SSSR count). The summed E-state index contributed by atoms with van der Waals surface area (Å²) in [6.07, 6.45) is 7.27. The molecule has 0 spiro atoms. The second kappa shape index (κ2) is 7.26. The van der Waals surface area contributed by atoms with Crippen LogP contribution in [0.1, 0.15) is 22.6 Å². The smallest absolute Gasteiger partial charge is 0.0619 e. The molecule has 2 atom stereocenters. The molecule has 2 heteroatoms. The SMILES string of the molecule is Cc1cccc2c1C1C=C(c3cccc4c5ccccc5n(-c5ccccc5)c34)C=CC1S2. The van der Waals surface area contributed by atoms with E-state index in [2.05, 4.69) is 121 Å². The highest BCUT2D eigenvalue weighted by Gasteiger charge is 2.33. The summed E-state index contributed by atoms with van der Waals surface area (Å²) in [7, 11) is 0. The Balaban J connectivity index is 1.51. The maximum Gasteiger partial charge on any atom is 0.0619 e. The molecule has 1 aliphatic carbocycles. The van der Waals surface area contributed by atoms with E-state index in [0.717, 1.165) is 0 Å². The molecule has 4 aromatic carbocycles. The van der Waals surface area contributed by atoms with Crippen molar-refractivity contribution in [3.05, 3.63) is 126 Å². The number of hydrogen-bond acceptors (Lipinski definition) is 1. The molecule has 158 valence electrons. The van der Waals surface area contributed by atoms with Gasteiger partial charge in [-0.1, -0.05) is 85.0 Å². The van der Waals surface area contributed by atoms with E-state index >= 15 is 0 Å². The maximum absolute atomic E-state index is 2.51. The molecule has 1 nitrogen and oxygen atoms in total. The van der Waals surface area contributed by atoms with Crippen LogP contribution in [-0.2, 0) is 0 Å². The summed E-state index contributed by atoms with van der Waals surface area (Å²) >= 11 is 2.00. The predicted molar refractivity (Wildman–Crippen MR) is 141 cm³/mol. The normalized spacial score (nSPS) is 19.0. The van der Waals surface area contributed by atoms with Gasteiger partial charge in [-0.25, -0.2) is 0 Å². The van der Waals surface area contributed by atoms with Crippen molar-refractivity contribution in [3.63, 3.8) is 0 Å². The van der Waals surface area contributed by atoms with Crippen LogP contribution in [-0.4, -0.2) is 9.82 Å². The predicted octanol–water partition coefficient (Wildman–Crippen LogP) is 8.30. The Kier molecular flexibility index (Phi) is 4.19. The number of para-hydroxylation sites is 3. The van der Waals surface area contributed by atoms with Crippen LogP contribution in [0.3, 0.4) is 0 Å². The standard InChI is InChI=1S/C31H23NS/c1-20-9-7-16-29-30(20)26-19-21(17-18-28(26)33-29)23-13-8-14-25-24-12-5-6-15-27(24)32(31(23)25)22-10-3-2-4-11-22/h2-19,26,28H,1H3. The minimum atomic E-state index is 0.427. The number of allylic oxidation sites excluding steroid dienone is 3. The summed E-state index contributed by atoms with van der Waals surface area (Å²) < 4.78 is 2.43. The van der Waals surface area contributed by atoms with Gasteiger partial charge in [0.15, 0.2) is 0 Å². The minimum Gasteiger partial charge on any atom is -0.309 e. The molecule has 2 heterocycles. The van der Waals surface area contributed by atoms with Crippen LogP contribution < -0.4 is 0 Å². The van der Waals surface area contributed by atoms with Gasteiger partial charge in [-0.15, -0.1) is 11.8 Å². The van der Waals surface area contributed by atoms with E-state index in [4.69, 9.17) is 0 Å². The summed E-state index contributed by atoms with van der Waals surface area (Å²) in [5.74, 6) is 0.427. The van der Waals surface area contributed by atoms with Crippen LogP contribution in [0.5, 0.6) is 0 Å². The zero-order chi connectivity index (χ0) is 21.9. The molecule has 1 aliphatic heterocycles. The summed E-state index contributed by atoms with van der Waals surface area (Å²) in [5, 5.41) is 3.10. The number of thioether (sulfide) groups is 1. The average molecular weight is 442 g/mol. The van der Waals surface area contributed by atoms with Crippen molar-refractivity contribution < 1.29 is 0 Å². The lowest BCUT2D eigenvalue weighted by Gasteiger charge is -2.21. The first-order valence-corrected chi connectivity index (χ1v) is 12.4. The highest BCUT2D eigenvalue weighted by Crippen LogP contribution is 2.51. The number of rotatable bonds is 2. The molecule has 33 heavy (non-hydrogen) atoms. The Bertz CT molecular complexity index is 1600. The van der Waals surface area contributed by atoms with Gasteiger partial charge in [0, 0.05) is 38.1 Å². The first-order valence-electron chi connectivity index (χ1n) is 11.5. The lowest BCUT2D eigenvalue weighted by atomic mass is 9.85. The van der Waals surface area contributed by atoms with Gasteiger partial charge in [0.2, 0.25) is 0 Å².